The molecule has 5 rings (SSSR count). The minimum atomic E-state index is 0. The van der Waals surface area contributed by atoms with Crippen LogP contribution in [-0.2, 0) is 4.79 Å². The summed E-state index contributed by atoms with van der Waals surface area (Å²) in [4.78, 5) is 12.3. The van der Waals surface area contributed by atoms with Crippen molar-refractivity contribution in [1.82, 2.24) is 10.6 Å². The second-order valence-electron chi connectivity index (χ2n) is 8.18. The number of nitrogens with one attached hydrogen (secondary N) is 2. The molecule has 1 saturated heterocycles. The number of carbonyl (C=O) groups is 1. The highest BCUT2D eigenvalue weighted by Crippen LogP contribution is 2.59. The van der Waals surface area contributed by atoms with Gasteiger partial charge in [0.25, 0.3) is 0 Å². The van der Waals surface area contributed by atoms with Gasteiger partial charge in [-0.1, -0.05) is 0 Å². The third-order valence-electron chi connectivity index (χ3n) is 6.47. The van der Waals surface area contributed by atoms with Gasteiger partial charge in [0, 0.05) is 13.1 Å². The summed E-state index contributed by atoms with van der Waals surface area (Å²) in [7, 11) is 0. The summed E-state index contributed by atoms with van der Waals surface area (Å²) in [6.45, 7) is 2.93. The van der Waals surface area contributed by atoms with E-state index in [1.54, 1.807) is 0 Å². The fourth-order valence-electron chi connectivity index (χ4n) is 6.00. The first-order chi connectivity index (χ1) is 9.72. The summed E-state index contributed by atoms with van der Waals surface area (Å²) >= 11 is 0. The molecule has 4 saturated carbocycles. The highest BCUT2D eigenvalue weighted by molar-refractivity contribution is 5.85. The monoisotopic (exact) mass is 312 g/mol. The number of hydrogen-bond acceptors (Lipinski definition) is 2. The van der Waals surface area contributed by atoms with Crippen LogP contribution < -0.4 is 10.6 Å². The van der Waals surface area contributed by atoms with Crippen molar-refractivity contribution < 1.29 is 4.79 Å². The molecule has 1 amide bonds. The Morgan fingerprint density at radius 1 is 1.10 bits per heavy atom. The van der Waals surface area contributed by atoms with Crippen LogP contribution in [0.15, 0.2) is 0 Å². The van der Waals surface area contributed by atoms with Crippen LogP contribution in [0.2, 0.25) is 0 Å². The van der Waals surface area contributed by atoms with E-state index in [0.717, 1.165) is 50.2 Å². The predicted octanol–water partition coefficient (Wildman–Crippen LogP) is 2.74. The highest BCUT2D eigenvalue weighted by Gasteiger charge is 2.50. The Morgan fingerprint density at radius 3 is 2.24 bits per heavy atom. The average molecular weight is 313 g/mol. The molecule has 5 fully saturated rings. The maximum atomic E-state index is 12.3. The van der Waals surface area contributed by atoms with Gasteiger partial charge in [-0.15, -0.1) is 12.4 Å². The molecule has 5 aliphatic rings. The molecule has 4 heteroatoms. The van der Waals surface area contributed by atoms with Gasteiger partial charge in [0.15, 0.2) is 0 Å². The van der Waals surface area contributed by atoms with E-state index in [2.05, 4.69) is 10.6 Å². The van der Waals surface area contributed by atoms with Gasteiger partial charge < -0.3 is 10.6 Å². The molecule has 1 heterocycles. The first-order valence-electron chi connectivity index (χ1n) is 8.71. The molecule has 2 N–H and O–H groups in total. The summed E-state index contributed by atoms with van der Waals surface area (Å²) in [6.07, 6.45) is 10.8. The number of rotatable bonds is 3. The fraction of sp³-hybridized carbons (Fsp3) is 0.941. The Labute approximate surface area is 134 Å². The molecule has 21 heavy (non-hydrogen) atoms. The predicted molar refractivity (Wildman–Crippen MR) is 86.5 cm³/mol. The number of hydrogen-bond donors (Lipinski definition) is 2. The SMILES string of the molecule is Cl.O=C(NCC12CC3CC(CC(C3)C1)C2)C1CCCNC1. The Bertz CT molecular complexity index is 357. The Kier molecular flexibility index (Phi) is 4.52. The highest BCUT2D eigenvalue weighted by atomic mass is 35.5. The summed E-state index contributed by atoms with van der Waals surface area (Å²) in [5.41, 5.74) is 0.479. The van der Waals surface area contributed by atoms with Crippen molar-refractivity contribution in [2.75, 3.05) is 19.6 Å². The van der Waals surface area contributed by atoms with E-state index in [0.29, 0.717) is 11.3 Å². The standard InChI is InChI=1S/C17H28N2O.ClH/c20-16(15-2-1-3-18-10-15)19-11-17-7-12-4-13(8-17)6-14(5-12)9-17;/h12-15,18H,1-11H2,(H,19,20);1H. The molecular formula is C17H29ClN2O. The molecule has 0 radical (unpaired) electrons. The first-order valence-corrected chi connectivity index (χ1v) is 8.71. The normalized spacial score (nSPS) is 44.2. The lowest BCUT2D eigenvalue weighted by atomic mass is 9.49. The van der Waals surface area contributed by atoms with Gasteiger partial charge in [-0.25, -0.2) is 0 Å². The van der Waals surface area contributed by atoms with E-state index >= 15 is 0 Å². The van der Waals surface area contributed by atoms with Gasteiger partial charge in [0.2, 0.25) is 5.91 Å². The van der Waals surface area contributed by atoms with Gasteiger partial charge in [-0.2, -0.15) is 0 Å². The van der Waals surface area contributed by atoms with Crippen molar-refractivity contribution >= 4 is 18.3 Å². The van der Waals surface area contributed by atoms with Gasteiger partial charge in [-0.05, 0) is 81.1 Å². The van der Waals surface area contributed by atoms with Crippen molar-refractivity contribution in [2.45, 2.75) is 51.4 Å². The number of carbonyl (C=O) groups excluding carboxylic acids is 1. The molecule has 0 aromatic carbocycles. The third-order valence-corrected chi connectivity index (χ3v) is 6.47. The summed E-state index contributed by atoms with van der Waals surface area (Å²) < 4.78 is 0. The smallest absolute Gasteiger partial charge is 0.224 e. The van der Waals surface area contributed by atoms with E-state index < -0.39 is 0 Å². The molecular weight excluding hydrogens is 284 g/mol. The van der Waals surface area contributed by atoms with Gasteiger partial charge >= 0.3 is 0 Å². The first kappa shape index (κ1) is 15.6. The van der Waals surface area contributed by atoms with Crippen LogP contribution in [0.3, 0.4) is 0 Å². The van der Waals surface area contributed by atoms with Crippen LogP contribution in [0.4, 0.5) is 0 Å². The van der Waals surface area contributed by atoms with E-state index in [1.807, 2.05) is 0 Å². The lowest BCUT2D eigenvalue weighted by molar-refractivity contribution is -0.127. The molecule has 1 atom stereocenters. The minimum absolute atomic E-state index is 0. The zero-order valence-electron chi connectivity index (χ0n) is 12.9. The maximum absolute atomic E-state index is 12.3. The molecule has 1 aliphatic heterocycles. The molecule has 0 spiro atoms. The molecule has 4 bridgehead atoms. The Morgan fingerprint density at radius 2 is 1.71 bits per heavy atom. The van der Waals surface area contributed by atoms with Crippen molar-refractivity contribution in [3.8, 4) is 0 Å². The van der Waals surface area contributed by atoms with Crippen LogP contribution in [0, 0.1) is 29.1 Å². The Hall–Kier alpha value is -0.280. The molecule has 0 aromatic rings. The number of piperidine rings is 1. The largest absolute Gasteiger partial charge is 0.355 e. The van der Waals surface area contributed by atoms with Crippen LogP contribution in [0.25, 0.3) is 0 Å². The molecule has 120 valence electrons. The Balaban J connectivity index is 0.00000132. The van der Waals surface area contributed by atoms with Crippen molar-refractivity contribution in [3.05, 3.63) is 0 Å². The lowest BCUT2D eigenvalue weighted by Gasteiger charge is -2.57. The number of amides is 1. The van der Waals surface area contributed by atoms with Crippen LogP contribution >= 0.6 is 12.4 Å². The van der Waals surface area contributed by atoms with Gasteiger partial charge in [-0.3, -0.25) is 4.79 Å². The maximum Gasteiger partial charge on any atom is 0.224 e. The van der Waals surface area contributed by atoms with Crippen LogP contribution in [0.1, 0.15) is 51.4 Å². The molecule has 3 nitrogen and oxygen atoms in total. The third kappa shape index (κ3) is 3.10. The van der Waals surface area contributed by atoms with Crippen LogP contribution in [0.5, 0.6) is 0 Å². The zero-order chi connectivity index (χ0) is 13.6. The summed E-state index contributed by atoms with van der Waals surface area (Å²) in [5.74, 6) is 3.48. The van der Waals surface area contributed by atoms with Crippen molar-refractivity contribution in [3.63, 3.8) is 0 Å². The van der Waals surface area contributed by atoms with E-state index in [9.17, 15) is 4.79 Å². The lowest BCUT2D eigenvalue weighted by Crippen LogP contribution is -2.52. The van der Waals surface area contributed by atoms with E-state index in [1.165, 1.54) is 38.5 Å². The molecule has 1 unspecified atom stereocenters. The quantitative estimate of drug-likeness (QED) is 0.841. The number of halogens is 1. The van der Waals surface area contributed by atoms with E-state index in [4.69, 9.17) is 0 Å². The zero-order valence-corrected chi connectivity index (χ0v) is 13.7. The minimum Gasteiger partial charge on any atom is -0.355 e. The fourth-order valence-corrected chi connectivity index (χ4v) is 6.00. The molecule has 0 aromatic heterocycles. The summed E-state index contributed by atoms with van der Waals surface area (Å²) in [5, 5.41) is 6.68. The van der Waals surface area contributed by atoms with Gasteiger partial charge in [0.05, 0.1) is 5.92 Å². The average Bonchev–Trinajstić information content (AvgIpc) is 2.44. The van der Waals surface area contributed by atoms with E-state index in [-0.39, 0.29) is 18.3 Å². The van der Waals surface area contributed by atoms with Gasteiger partial charge in [0.1, 0.15) is 0 Å². The van der Waals surface area contributed by atoms with Crippen LogP contribution in [-0.4, -0.2) is 25.5 Å². The molecule has 4 aliphatic carbocycles. The summed E-state index contributed by atoms with van der Waals surface area (Å²) in [6, 6.07) is 0. The second kappa shape index (κ2) is 6.08. The van der Waals surface area contributed by atoms with Crippen molar-refractivity contribution in [1.29, 1.82) is 0 Å². The second-order valence-corrected chi connectivity index (χ2v) is 8.18. The topological polar surface area (TPSA) is 41.1 Å². The van der Waals surface area contributed by atoms with Crippen molar-refractivity contribution in [2.24, 2.45) is 29.1 Å².